The summed E-state index contributed by atoms with van der Waals surface area (Å²) in [7, 11) is 0. The second kappa shape index (κ2) is 4.71. The summed E-state index contributed by atoms with van der Waals surface area (Å²) in [6.07, 6.45) is 4.01. The van der Waals surface area contributed by atoms with Crippen molar-refractivity contribution in [2.75, 3.05) is 0 Å². The first-order valence-electron chi connectivity index (χ1n) is 5.25. The van der Waals surface area contributed by atoms with Crippen molar-refractivity contribution in [3.63, 3.8) is 0 Å². The lowest BCUT2D eigenvalue weighted by Gasteiger charge is -2.14. The van der Waals surface area contributed by atoms with Crippen LogP contribution in [0, 0.1) is 11.7 Å². The van der Waals surface area contributed by atoms with Crippen LogP contribution in [0.25, 0.3) is 0 Å². The smallest absolute Gasteiger partial charge is 0.144 e. The van der Waals surface area contributed by atoms with Crippen molar-refractivity contribution in [3.8, 4) is 0 Å². The van der Waals surface area contributed by atoms with E-state index in [0.29, 0.717) is 17.9 Å². The molecule has 0 saturated heterocycles. The lowest BCUT2D eigenvalue weighted by molar-refractivity contribution is 0.526. The van der Waals surface area contributed by atoms with Gasteiger partial charge in [0, 0.05) is 5.38 Å². The molecule has 0 aliphatic heterocycles. The van der Waals surface area contributed by atoms with Crippen LogP contribution in [0.1, 0.15) is 24.8 Å². The van der Waals surface area contributed by atoms with E-state index in [4.69, 9.17) is 23.2 Å². The number of rotatable bonds is 2. The highest BCUT2D eigenvalue weighted by atomic mass is 35.5. The van der Waals surface area contributed by atoms with E-state index in [2.05, 4.69) is 0 Å². The van der Waals surface area contributed by atoms with Gasteiger partial charge >= 0.3 is 0 Å². The van der Waals surface area contributed by atoms with Gasteiger partial charge in [-0.3, -0.25) is 0 Å². The molecule has 1 fully saturated rings. The molecule has 0 amide bonds. The fourth-order valence-corrected chi connectivity index (χ4v) is 2.77. The second-order valence-corrected chi connectivity index (χ2v) is 5.09. The van der Waals surface area contributed by atoms with E-state index < -0.39 is 0 Å². The van der Waals surface area contributed by atoms with Gasteiger partial charge in [0.15, 0.2) is 0 Å². The largest absolute Gasteiger partial charge is 0.205 e. The zero-order valence-electron chi connectivity index (χ0n) is 8.35. The van der Waals surface area contributed by atoms with Crippen molar-refractivity contribution < 1.29 is 4.39 Å². The molecule has 1 aliphatic carbocycles. The minimum atomic E-state index is -0.282. The van der Waals surface area contributed by atoms with Crippen molar-refractivity contribution in [1.82, 2.24) is 0 Å². The highest BCUT2D eigenvalue weighted by Crippen LogP contribution is 2.33. The Morgan fingerprint density at radius 3 is 2.80 bits per heavy atom. The summed E-state index contributed by atoms with van der Waals surface area (Å²) in [4.78, 5) is 0. The average molecular weight is 247 g/mol. The van der Waals surface area contributed by atoms with E-state index in [-0.39, 0.29) is 16.2 Å². The molecule has 0 spiro atoms. The van der Waals surface area contributed by atoms with Crippen LogP contribution in [-0.2, 0) is 6.42 Å². The van der Waals surface area contributed by atoms with E-state index in [0.717, 1.165) is 19.3 Å². The summed E-state index contributed by atoms with van der Waals surface area (Å²) < 4.78 is 13.6. The van der Waals surface area contributed by atoms with E-state index in [1.54, 1.807) is 18.2 Å². The Hall–Kier alpha value is -0.270. The van der Waals surface area contributed by atoms with Crippen molar-refractivity contribution in [3.05, 3.63) is 34.6 Å². The third-order valence-electron chi connectivity index (χ3n) is 3.08. The summed E-state index contributed by atoms with van der Waals surface area (Å²) >= 11 is 11.9. The molecule has 2 rings (SSSR count). The Morgan fingerprint density at radius 2 is 2.13 bits per heavy atom. The van der Waals surface area contributed by atoms with Gasteiger partial charge in [-0.15, -0.1) is 11.6 Å². The van der Waals surface area contributed by atoms with Crippen molar-refractivity contribution >= 4 is 23.2 Å². The van der Waals surface area contributed by atoms with Crippen molar-refractivity contribution in [2.45, 2.75) is 31.1 Å². The van der Waals surface area contributed by atoms with Crippen molar-refractivity contribution in [2.24, 2.45) is 5.92 Å². The van der Waals surface area contributed by atoms with Crippen molar-refractivity contribution in [1.29, 1.82) is 0 Å². The number of halogens is 3. The molecule has 1 saturated carbocycles. The maximum atomic E-state index is 13.6. The minimum absolute atomic E-state index is 0.198. The highest BCUT2D eigenvalue weighted by Gasteiger charge is 2.26. The maximum absolute atomic E-state index is 13.6. The Balaban J connectivity index is 2.13. The van der Waals surface area contributed by atoms with Crippen LogP contribution in [0.15, 0.2) is 18.2 Å². The van der Waals surface area contributed by atoms with Gasteiger partial charge < -0.3 is 0 Å². The van der Waals surface area contributed by atoms with Gasteiger partial charge in [0.1, 0.15) is 5.82 Å². The third-order valence-corrected chi connectivity index (χ3v) is 3.95. The van der Waals surface area contributed by atoms with Gasteiger partial charge in [-0.25, -0.2) is 4.39 Å². The monoisotopic (exact) mass is 246 g/mol. The quantitative estimate of drug-likeness (QED) is 0.678. The van der Waals surface area contributed by atoms with E-state index in [9.17, 15) is 4.39 Å². The predicted octanol–water partition coefficient (Wildman–Crippen LogP) is 4.43. The van der Waals surface area contributed by atoms with E-state index in [1.165, 1.54) is 0 Å². The van der Waals surface area contributed by atoms with E-state index in [1.807, 2.05) is 0 Å². The molecule has 0 heterocycles. The fraction of sp³-hybridized carbons (Fsp3) is 0.500. The topological polar surface area (TPSA) is 0 Å². The van der Waals surface area contributed by atoms with Crippen LogP contribution in [0.2, 0.25) is 5.02 Å². The van der Waals surface area contributed by atoms with Crippen LogP contribution < -0.4 is 0 Å². The molecule has 1 aromatic carbocycles. The normalized spacial score (nSPS) is 25.8. The minimum Gasteiger partial charge on any atom is -0.205 e. The van der Waals surface area contributed by atoms with Gasteiger partial charge in [0.05, 0.1) is 5.02 Å². The first-order valence-corrected chi connectivity index (χ1v) is 6.07. The zero-order valence-corrected chi connectivity index (χ0v) is 9.86. The molecule has 2 unspecified atom stereocenters. The Kier molecular flexibility index (Phi) is 3.53. The second-order valence-electron chi connectivity index (χ2n) is 4.12. The number of hydrogen-bond acceptors (Lipinski definition) is 0. The van der Waals surface area contributed by atoms with Crippen LogP contribution in [-0.4, -0.2) is 5.38 Å². The molecular formula is C12H13Cl2F. The third kappa shape index (κ3) is 2.46. The molecule has 3 heteroatoms. The summed E-state index contributed by atoms with van der Waals surface area (Å²) in [5.74, 6) is 0.120. The number of hydrogen-bond donors (Lipinski definition) is 0. The van der Waals surface area contributed by atoms with Gasteiger partial charge in [-0.05, 0) is 36.8 Å². The highest BCUT2D eigenvalue weighted by molar-refractivity contribution is 6.30. The Labute approximate surface area is 99.4 Å². The van der Waals surface area contributed by atoms with Gasteiger partial charge in [0.25, 0.3) is 0 Å². The zero-order chi connectivity index (χ0) is 10.8. The first-order chi connectivity index (χ1) is 7.18. The molecule has 0 aromatic heterocycles. The molecule has 1 aromatic rings. The standard InChI is InChI=1S/C12H13Cl2F/c13-10-5-1-3-8(10)7-9-4-2-6-11(14)12(9)15/h2,4,6,8,10H,1,3,5,7H2. The molecule has 15 heavy (non-hydrogen) atoms. The molecule has 0 nitrogen and oxygen atoms in total. The van der Waals surface area contributed by atoms with Crippen LogP contribution >= 0.6 is 23.2 Å². The maximum Gasteiger partial charge on any atom is 0.144 e. The van der Waals surface area contributed by atoms with Crippen LogP contribution in [0.4, 0.5) is 4.39 Å². The Morgan fingerprint density at radius 1 is 1.33 bits per heavy atom. The molecule has 82 valence electrons. The first kappa shape index (κ1) is 11.2. The predicted molar refractivity (Wildman–Crippen MR) is 62.1 cm³/mol. The summed E-state index contributed by atoms with van der Waals surface area (Å²) in [6.45, 7) is 0. The van der Waals surface area contributed by atoms with E-state index >= 15 is 0 Å². The molecule has 0 bridgehead atoms. The molecule has 0 radical (unpaired) electrons. The molecule has 0 N–H and O–H groups in total. The SMILES string of the molecule is Fc1c(Cl)cccc1CC1CCCC1Cl. The van der Waals surface area contributed by atoms with Gasteiger partial charge in [-0.2, -0.15) is 0 Å². The number of alkyl halides is 1. The Bertz CT molecular complexity index is 351. The molecular weight excluding hydrogens is 234 g/mol. The van der Waals surface area contributed by atoms with Gasteiger partial charge in [-0.1, -0.05) is 30.2 Å². The molecule has 2 atom stereocenters. The van der Waals surface area contributed by atoms with Crippen LogP contribution in [0.5, 0.6) is 0 Å². The summed E-state index contributed by atoms with van der Waals surface area (Å²) in [5, 5.41) is 0.403. The fourth-order valence-electron chi connectivity index (χ4n) is 2.21. The van der Waals surface area contributed by atoms with Gasteiger partial charge in [0.2, 0.25) is 0 Å². The lowest BCUT2D eigenvalue weighted by Crippen LogP contribution is -2.11. The summed E-state index contributed by atoms with van der Waals surface area (Å²) in [6, 6.07) is 5.16. The van der Waals surface area contributed by atoms with Crippen LogP contribution in [0.3, 0.4) is 0 Å². The molecule has 1 aliphatic rings. The average Bonchev–Trinajstić information content (AvgIpc) is 2.60. The lowest BCUT2D eigenvalue weighted by atomic mass is 9.97. The summed E-state index contributed by atoms with van der Waals surface area (Å²) in [5.41, 5.74) is 0.694. The number of benzene rings is 1.